The smallest absolute Gasteiger partial charge is 0.0462 e. The maximum atomic E-state index is 5.05. The summed E-state index contributed by atoms with van der Waals surface area (Å²) in [5.74, 6) is 0. The fourth-order valence-corrected chi connectivity index (χ4v) is 7.62. The number of benzene rings is 2. The number of aromatic nitrogens is 2. The summed E-state index contributed by atoms with van der Waals surface area (Å²) in [4.78, 5) is 12.8. The van der Waals surface area contributed by atoms with Gasteiger partial charge in [0.15, 0.2) is 0 Å². The van der Waals surface area contributed by atoms with Gasteiger partial charge in [-0.25, -0.2) is 0 Å². The molecule has 3 heteroatoms. The first-order chi connectivity index (χ1) is 29.3. The maximum absolute atomic E-state index is 5.05. The molecule has 2 N–H and O–H groups in total. The molecule has 3 nitrogen and oxygen atoms in total. The lowest BCUT2D eigenvalue weighted by atomic mass is 9.86. The largest absolute Gasteiger partial charge is 0.358 e. The first-order valence-electron chi connectivity index (χ1n) is 20.7. The van der Waals surface area contributed by atoms with Gasteiger partial charge in [-0.05, 0) is 91.5 Å². The van der Waals surface area contributed by atoms with Crippen LogP contribution >= 0.6 is 0 Å². The van der Waals surface area contributed by atoms with Crippen LogP contribution in [0.25, 0.3) is 81.1 Å². The molecule has 0 atom stereocenters. The fourth-order valence-electron chi connectivity index (χ4n) is 7.62. The van der Waals surface area contributed by atoms with Crippen molar-refractivity contribution in [1.29, 1.82) is 0 Å². The van der Waals surface area contributed by atoms with Gasteiger partial charge in [-0.3, -0.25) is 4.99 Å². The van der Waals surface area contributed by atoms with E-state index < -0.39 is 0 Å². The molecule has 2 heterocycles. The van der Waals surface area contributed by atoms with E-state index in [2.05, 4.69) is 143 Å². The Hall–Kier alpha value is -6.97. The molecule has 0 radical (unpaired) electrons. The van der Waals surface area contributed by atoms with E-state index in [-0.39, 0.29) is 0 Å². The Kier molecular flexibility index (Phi) is 17.4. The minimum atomic E-state index is 0.563. The zero-order chi connectivity index (χ0) is 43.6. The number of nitrogens with one attached hydrogen (secondary N) is 2. The Morgan fingerprint density at radius 2 is 1.22 bits per heavy atom. The summed E-state index contributed by atoms with van der Waals surface area (Å²) in [6.45, 7) is 40.2. The van der Waals surface area contributed by atoms with Gasteiger partial charge in [-0.15, -0.1) is 0 Å². The summed E-state index contributed by atoms with van der Waals surface area (Å²) < 4.78 is 0. The monoisotopic (exact) mass is 787 g/mol. The van der Waals surface area contributed by atoms with Gasteiger partial charge in [-0.2, -0.15) is 0 Å². The van der Waals surface area contributed by atoms with Crippen molar-refractivity contribution in [1.82, 2.24) is 9.97 Å². The number of aromatic amines is 2. The van der Waals surface area contributed by atoms with Crippen LogP contribution in [0, 0.1) is 0 Å². The van der Waals surface area contributed by atoms with E-state index in [9.17, 15) is 0 Å². The highest BCUT2D eigenvalue weighted by atomic mass is 14.7. The highest BCUT2D eigenvalue weighted by Crippen LogP contribution is 2.41. The van der Waals surface area contributed by atoms with Crippen molar-refractivity contribution in [2.75, 3.05) is 6.54 Å². The topological polar surface area (TPSA) is 43.9 Å². The van der Waals surface area contributed by atoms with Gasteiger partial charge in [0.1, 0.15) is 0 Å². The van der Waals surface area contributed by atoms with Crippen molar-refractivity contribution in [3.8, 4) is 22.3 Å². The van der Waals surface area contributed by atoms with Gasteiger partial charge in [-0.1, -0.05) is 186 Å². The summed E-state index contributed by atoms with van der Waals surface area (Å²) in [6.07, 6.45) is 31.0. The minimum absolute atomic E-state index is 0.563. The number of allylic oxidation sites excluding steroid dienone is 11. The van der Waals surface area contributed by atoms with E-state index in [0.717, 1.165) is 94.3 Å². The quantitative estimate of drug-likeness (QED) is 0.0890. The molecule has 0 fully saturated rings. The number of fused-ring (bicyclic) bond motifs is 1. The molecule has 60 heavy (non-hydrogen) atoms. The Bertz CT molecular complexity index is 2680. The predicted molar refractivity (Wildman–Crippen MR) is 272 cm³/mol. The Labute approximate surface area is 359 Å². The molecule has 2 aromatic heterocycles. The van der Waals surface area contributed by atoms with Crippen molar-refractivity contribution in [2.45, 2.75) is 48.0 Å². The number of H-pyrrole nitrogens is 2. The molecule has 0 unspecified atom stereocenters. The molecule has 2 aromatic carbocycles. The van der Waals surface area contributed by atoms with Gasteiger partial charge in [0, 0.05) is 68.0 Å². The summed E-state index contributed by atoms with van der Waals surface area (Å²) >= 11 is 0. The van der Waals surface area contributed by atoms with Crippen molar-refractivity contribution >= 4 is 65.1 Å². The second-order valence-corrected chi connectivity index (χ2v) is 13.7. The Morgan fingerprint density at radius 3 is 1.72 bits per heavy atom. The standard InChI is InChI=1S/C57H61N3/c1-13-24-28-34-42(16-4)53-46(18-6)56-45(17-5)52(41(15-3)33-25-14-2)40(12)59-49(20-8)55(44-37-31-27-32-38-44)48(39-58-23-11)57(56)47(19-7)54(43-35-29-26-30-36-43)51(22-10)60-50(53)21-9/h13-20,22,24-39,59-60H,3,5-7,10,12,21,23H2,1-2,4,8-9,11H3/b24-13-,25-14-,34-28+,41-33+,42-16+,49-20-,52-45?,53-50?,54-51?,55-48?,56-46?,57-47?,58-39?. The van der Waals surface area contributed by atoms with Crippen LogP contribution in [-0.4, -0.2) is 22.7 Å². The molecular weight excluding hydrogens is 727 g/mol. The van der Waals surface area contributed by atoms with Crippen LogP contribution in [0.1, 0.15) is 86.3 Å². The van der Waals surface area contributed by atoms with Crippen LogP contribution in [0.2, 0.25) is 0 Å². The minimum Gasteiger partial charge on any atom is -0.358 e. The molecule has 4 aromatic rings. The van der Waals surface area contributed by atoms with E-state index in [1.54, 1.807) is 0 Å². The molecular formula is C57H61N3. The molecule has 0 spiro atoms. The summed E-state index contributed by atoms with van der Waals surface area (Å²) in [7, 11) is 0. The zero-order valence-electron chi connectivity index (χ0n) is 36.5. The highest BCUT2D eigenvalue weighted by molar-refractivity contribution is 6.15. The van der Waals surface area contributed by atoms with Gasteiger partial charge in [0.25, 0.3) is 0 Å². The lowest BCUT2D eigenvalue weighted by molar-refractivity contribution is 1.03. The summed E-state index contributed by atoms with van der Waals surface area (Å²) in [5, 5.41) is 3.30. The third-order valence-corrected chi connectivity index (χ3v) is 10.3. The van der Waals surface area contributed by atoms with Crippen LogP contribution in [0.5, 0.6) is 0 Å². The van der Waals surface area contributed by atoms with Crippen LogP contribution in [0.4, 0.5) is 0 Å². The SMILES string of the molecule is C=C/C(=C\C=C/C)c1c(C=C)c2c(C=C)c(C(/C=C/C=C\C)=C/C)c(CC)[nH]c(C=C)c(-c3ccccc3)c(C=C)c2c(C=NCC)c(-c2ccccc2)/c(=C/C)[nH]c1=C. The van der Waals surface area contributed by atoms with Gasteiger partial charge >= 0.3 is 0 Å². The van der Waals surface area contributed by atoms with E-state index in [1.807, 2.05) is 93.8 Å². The van der Waals surface area contributed by atoms with Crippen LogP contribution in [-0.2, 0) is 6.42 Å². The molecule has 0 saturated carbocycles. The number of rotatable bonds is 15. The molecule has 0 aliphatic heterocycles. The van der Waals surface area contributed by atoms with E-state index in [4.69, 9.17) is 11.6 Å². The lowest BCUT2D eigenvalue weighted by Gasteiger charge is -2.17. The number of aryl methyl sites for hydroxylation is 1. The molecule has 0 aliphatic carbocycles. The maximum Gasteiger partial charge on any atom is 0.0462 e. The third-order valence-electron chi connectivity index (χ3n) is 10.3. The van der Waals surface area contributed by atoms with Crippen LogP contribution < -0.4 is 10.7 Å². The average molecular weight is 788 g/mol. The molecule has 304 valence electrons. The number of hydrogen-bond donors (Lipinski definition) is 2. The molecule has 0 amide bonds. The molecule has 4 rings (SSSR count). The Morgan fingerprint density at radius 1 is 0.633 bits per heavy atom. The van der Waals surface area contributed by atoms with Crippen molar-refractivity contribution < 1.29 is 0 Å². The fraction of sp³-hybridized carbons (Fsp3) is 0.140. The predicted octanol–water partition coefficient (Wildman–Crippen LogP) is 14.5. The van der Waals surface area contributed by atoms with E-state index >= 15 is 0 Å². The first-order valence-corrected chi connectivity index (χ1v) is 20.7. The van der Waals surface area contributed by atoms with Gasteiger partial charge < -0.3 is 9.97 Å². The van der Waals surface area contributed by atoms with Crippen LogP contribution in [0.3, 0.4) is 0 Å². The van der Waals surface area contributed by atoms with E-state index in [0.29, 0.717) is 18.3 Å². The third kappa shape index (κ3) is 9.82. The number of nitrogens with zero attached hydrogens (tertiary/aromatic N) is 1. The van der Waals surface area contributed by atoms with Crippen molar-refractivity contribution in [2.24, 2.45) is 4.99 Å². The lowest BCUT2D eigenvalue weighted by Crippen LogP contribution is -2.21. The Balaban J connectivity index is 2.99. The van der Waals surface area contributed by atoms with Crippen LogP contribution in [0.15, 0.2) is 153 Å². The number of aliphatic imine (C=N–C) groups is 1. The average Bonchev–Trinajstić information content (AvgIpc) is 3.36. The first kappa shape index (κ1) is 45.7. The molecule has 0 saturated heterocycles. The number of hydrogen-bond acceptors (Lipinski definition) is 1. The van der Waals surface area contributed by atoms with Crippen molar-refractivity contribution in [3.05, 3.63) is 204 Å². The second-order valence-electron chi connectivity index (χ2n) is 13.7. The van der Waals surface area contributed by atoms with Gasteiger partial charge in [0.05, 0.1) is 0 Å². The highest BCUT2D eigenvalue weighted by Gasteiger charge is 2.22. The molecule has 0 aliphatic rings. The van der Waals surface area contributed by atoms with Crippen molar-refractivity contribution in [3.63, 3.8) is 0 Å². The normalized spacial score (nSPS) is 12.4. The summed E-state index contributed by atoms with van der Waals surface area (Å²) in [5.41, 5.74) is 12.8. The summed E-state index contributed by atoms with van der Waals surface area (Å²) in [6, 6.07) is 20.9. The van der Waals surface area contributed by atoms with E-state index in [1.165, 1.54) is 0 Å². The molecule has 0 bridgehead atoms. The zero-order valence-corrected chi connectivity index (χ0v) is 36.5. The second kappa shape index (κ2) is 22.8. The van der Waals surface area contributed by atoms with Gasteiger partial charge in [0.2, 0.25) is 0 Å².